The van der Waals surface area contributed by atoms with Crippen LogP contribution in [-0.4, -0.2) is 33.5 Å². The molecule has 0 aliphatic rings. The van der Waals surface area contributed by atoms with Gasteiger partial charge in [-0.2, -0.15) is 0 Å². The number of methoxy groups -OCH3 is 1. The third-order valence-electron chi connectivity index (χ3n) is 4.22. The molecule has 1 aromatic heterocycles. The Bertz CT molecular complexity index is 1070. The van der Waals surface area contributed by atoms with Crippen molar-refractivity contribution in [3.8, 4) is 11.5 Å². The Morgan fingerprint density at radius 2 is 2.10 bits per heavy atom. The number of nitrogens with one attached hydrogen (secondary N) is 1. The second kappa shape index (κ2) is 10.9. The quantitative estimate of drug-likeness (QED) is 0.349. The van der Waals surface area contributed by atoms with Gasteiger partial charge in [0, 0.05) is 17.3 Å². The first-order valence-electron chi connectivity index (χ1n) is 9.48. The molecule has 9 heteroatoms. The van der Waals surface area contributed by atoms with Crippen molar-refractivity contribution in [3.05, 3.63) is 71.5 Å². The van der Waals surface area contributed by atoms with E-state index in [4.69, 9.17) is 21.1 Å². The van der Waals surface area contributed by atoms with Gasteiger partial charge in [0.1, 0.15) is 6.61 Å². The molecule has 0 saturated carbocycles. The zero-order chi connectivity index (χ0) is 22.2. The summed E-state index contributed by atoms with van der Waals surface area (Å²) in [5.41, 5.74) is 1.72. The summed E-state index contributed by atoms with van der Waals surface area (Å²) in [6, 6.07) is 12.7. The van der Waals surface area contributed by atoms with Crippen LogP contribution in [0.15, 0.2) is 60.3 Å². The van der Waals surface area contributed by atoms with Gasteiger partial charge in [-0.1, -0.05) is 41.6 Å². The lowest BCUT2D eigenvalue weighted by molar-refractivity contribution is -0.113. The molecule has 0 fully saturated rings. The second-order valence-corrected chi connectivity index (χ2v) is 7.97. The normalized spacial score (nSPS) is 10.5. The number of carbonyl (C=O) groups is 1. The number of aromatic nitrogens is 3. The zero-order valence-corrected chi connectivity index (χ0v) is 18.9. The first kappa shape index (κ1) is 22.7. The van der Waals surface area contributed by atoms with Crippen LogP contribution in [0.2, 0.25) is 5.02 Å². The summed E-state index contributed by atoms with van der Waals surface area (Å²) in [5, 5.41) is 12.4. The van der Waals surface area contributed by atoms with E-state index in [1.165, 1.54) is 11.8 Å². The van der Waals surface area contributed by atoms with Crippen LogP contribution in [0.3, 0.4) is 0 Å². The first-order chi connectivity index (χ1) is 15.0. The molecule has 0 atom stereocenters. The molecular formula is C22H23ClN4O3S. The monoisotopic (exact) mass is 458 g/mol. The lowest BCUT2D eigenvalue weighted by Gasteiger charge is -2.12. The third-order valence-corrected chi connectivity index (χ3v) is 5.42. The Labute approximate surface area is 190 Å². The van der Waals surface area contributed by atoms with Crippen molar-refractivity contribution in [3.63, 3.8) is 0 Å². The van der Waals surface area contributed by atoms with E-state index in [1.807, 2.05) is 29.7 Å². The van der Waals surface area contributed by atoms with Crippen molar-refractivity contribution < 1.29 is 14.3 Å². The van der Waals surface area contributed by atoms with Gasteiger partial charge in [-0.25, -0.2) is 0 Å². The number of rotatable bonds is 10. The highest BCUT2D eigenvalue weighted by molar-refractivity contribution is 7.99. The molecule has 0 radical (unpaired) electrons. The van der Waals surface area contributed by atoms with Crippen LogP contribution < -0.4 is 14.8 Å². The van der Waals surface area contributed by atoms with Crippen molar-refractivity contribution >= 4 is 35.0 Å². The number of allylic oxidation sites excluding steroid dienone is 1. The van der Waals surface area contributed by atoms with E-state index in [9.17, 15) is 4.79 Å². The molecule has 0 aliphatic heterocycles. The van der Waals surface area contributed by atoms with Gasteiger partial charge >= 0.3 is 0 Å². The molecule has 7 nitrogen and oxygen atoms in total. The molecule has 31 heavy (non-hydrogen) atoms. The lowest BCUT2D eigenvalue weighted by Crippen LogP contribution is -2.15. The van der Waals surface area contributed by atoms with Gasteiger partial charge < -0.3 is 14.8 Å². The maximum absolute atomic E-state index is 12.3. The highest BCUT2D eigenvalue weighted by atomic mass is 35.5. The van der Waals surface area contributed by atoms with Crippen molar-refractivity contribution in [1.29, 1.82) is 0 Å². The smallest absolute Gasteiger partial charge is 0.234 e. The zero-order valence-electron chi connectivity index (χ0n) is 17.3. The molecule has 3 aromatic rings. The Balaban J connectivity index is 1.64. The molecule has 1 heterocycles. The summed E-state index contributed by atoms with van der Waals surface area (Å²) in [4.78, 5) is 12.3. The molecule has 0 spiro atoms. The van der Waals surface area contributed by atoms with E-state index >= 15 is 0 Å². The van der Waals surface area contributed by atoms with Crippen LogP contribution in [0.1, 0.15) is 11.4 Å². The number of amides is 1. The largest absolute Gasteiger partial charge is 0.493 e. The fourth-order valence-electron chi connectivity index (χ4n) is 2.77. The highest BCUT2D eigenvalue weighted by Crippen LogP contribution is 2.29. The second-order valence-electron chi connectivity index (χ2n) is 6.59. The van der Waals surface area contributed by atoms with Crippen molar-refractivity contribution in [2.75, 3.05) is 18.2 Å². The van der Waals surface area contributed by atoms with Crippen LogP contribution in [-0.2, 0) is 17.9 Å². The number of thioether (sulfide) groups is 1. The van der Waals surface area contributed by atoms with Crippen molar-refractivity contribution in [1.82, 2.24) is 14.8 Å². The first-order valence-corrected chi connectivity index (χ1v) is 10.8. The summed E-state index contributed by atoms with van der Waals surface area (Å²) in [7, 11) is 1.60. The van der Waals surface area contributed by atoms with Crippen LogP contribution in [0.4, 0.5) is 5.69 Å². The minimum atomic E-state index is -0.164. The average Bonchev–Trinajstić information content (AvgIpc) is 3.13. The fraction of sp³-hybridized carbons (Fsp3) is 0.227. The van der Waals surface area contributed by atoms with Crippen molar-refractivity contribution in [2.24, 2.45) is 0 Å². The van der Waals surface area contributed by atoms with Crippen LogP contribution in [0.25, 0.3) is 0 Å². The third kappa shape index (κ3) is 6.26. The minimum Gasteiger partial charge on any atom is -0.493 e. The summed E-state index contributed by atoms with van der Waals surface area (Å²) < 4.78 is 13.1. The molecule has 1 N–H and O–H groups in total. The number of hydrogen-bond acceptors (Lipinski definition) is 6. The standard InChI is InChI=1S/C22H23ClN4O3S/c1-4-10-27-20(13-30-18-9-8-15(2)11-19(18)29-3)25-26-22(27)31-14-21(28)24-17-7-5-6-16(23)12-17/h4-9,11-12H,1,10,13-14H2,2-3H3,(H,24,28). The summed E-state index contributed by atoms with van der Waals surface area (Å²) in [5.74, 6) is 1.91. The minimum absolute atomic E-state index is 0.164. The van der Waals surface area contributed by atoms with Crippen LogP contribution in [0, 0.1) is 6.92 Å². The number of anilines is 1. The van der Waals surface area contributed by atoms with Gasteiger partial charge in [-0.3, -0.25) is 9.36 Å². The van der Waals surface area contributed by atoms with Gasteiger partial charge in [-0.05, 0) is 42.8 Å². The lowest BCUT2D eigenvalue weighted by atomic mass is 10.2. The number of ether oxygens (including phenoxy) is 2. The number of nitrogens with zero attached hydrogens (tertiary/aromatic N) is 3. The van der Waals surface area contributed by atoms with Crippen LogP contribution >= 0.6 is 23.4 Å². The predicted octanol–water partition coefficient (Wildman–Crippen LogP) is 4.74. The molecule has 1 amide bonds. The summed E-state index contributed by atoms with van der Waals surface area (Å²) in [6.45, 7) is 6.48. The molecule has 2 aromatic carbocycles. The number of benzene rings is 2. The van der Waals surface area contributed by atoms with Gasteiger partial charge in [0.2, 0.25) is 5.91 Å². The van der Waals surface area contributed by atoms with E-state index in [1.54, 1.807) is 37.5 Å². The maximum Gasteiger partial charge on any atom is 0.234 e. The Morgan fingerprint density at radius 1 is 1.26 bits per heavy atom. The molecule has 0 saturated heterocycles. The molecule has 0 bridgehead atoms. The SMILES string of the molecule is C=CCn1c(COc2ccc(C)cc2OC)nnc1SCC(=O)Nc1cccc(Cl)c1. The number of halogens is 1. The fourth-order valence-corrected chi connectivity index (χ4v) is 3.73. The molecule has 162 valence electrons. The summed E-state index contributed by atoms with van der Waals surface area (Å²) in [6.07, 6.45) is 1.75. The summed E-state index contributed by atoms with van der Waals surface area (Å²) >= 11 is 7.24. The van der Waals surface area contributed by atoms with Crippen molar-refractivity contribution in [2.45, 2.75) is 25.2 Å². The van der Waals surface area contributed by atoms with Crippen LogP contribution in [0.5, 0.6) is 11.5 Å². The topological polar surface area (TPSA) is 78.3 Å². The number of carbonyl (C=O) groups excluding carboxylic acids is 1. The number of hydrogen-bond donors (Lipinski definition) is 1. The molecular weight excluding hydrogens is 436 g/mol. The van der Waals surface area contributed by atoms with E-state index in [0.717, 1.165) is 5.56 Å². The van der Waals surface area contributed by atoms with E-state index in [-0.39, 0.29) is 18.3 Å². The van der Waals surface area contributed by atoms with Gasteiger partial charge in [0.25, 0.3) is 0 Å². The average molecular weight is 459 g/mol. The highest BCUT2D eigenvalue weighted by Gasteiger charge is 2.15. The Morgan fingerprint density at radius 3 is 2.84 bits per heavy atom. The van der Waals surface area contributed by atoms with Gasteiger partial charge in [0.05, 0.1) is 12.9 Å². The Kier molecular flexibility index (Phi) is 7.97. The molecule has 0 unspecified atom stereocenters. The van der Waals surface area contributed by atoms with Gasteiger partial charge in [-0.15, -0.1) is 16.8 Å². The predicted molar refractivity (Wildman–Crippen MR) is 123 cm³/mol. The maximum atomic E-state index is 12.3. The Hall–Kier alpha value is -2.97. The molecule has 0 aliphatic carbocycles. The van der Waals surface area contributed by atoms with E-state index in [0.29, 0.717) is 39.7 Å². The van der Waals surface area contributed by atoms with E-state index in [2.05, 4.69) is 22.1 Å². The van der Waals surface area contributed by atoms with Gasteiger partial charge in [0.15, 0.2) is 22.5 Å². The van der Waals surface area contributed by atoms with E-state index < -0.39 is 0 Å². The molecule has 3 rings (SSSR count). The number of aryl methyl sites for hydroxylation is 1.